The Bertz CT molecular complexity index is 896. The van der Waals surface area contributed by atoms with Crippen molar-refractivity contribution >= 4 is 41.1 Å². The van der Waals surface area contributed by atoms with Crippen molar-refractivity contribution in [2.75, 3.05) is 6.54 Å². The SMILES string of the molecule is O=C(NCCCC[C@H](NC(=O)c1ccc(Cl)cc1Cl)C(=O)NO)OCc1ccccc1. The van der Waals surface area contributed by atoms with Crippen molar-refractivity contribution in [3.63, 3.8) is 0 Å². The minimum atomic E-state index is -0.978. The zero-order chi connectivity index (χ0) is 22.6. The molecule has 2 rings (SSSR count). The molecule has 1 atom stereocenters. The van der Waals surface area contributed by atoms with Gasteiger partial charge < -0.3 is 15.4 Å². The van der Waals surface area contributed by atoms with Crippen LogP contribution in [0.5, 0.6) is 0 Å². The Balaban J connectivity index is 1.74. The molecule has 0 spiro atoms. The molecule has 0 aliphatic heterocycles. The predicted molar refractivity (Wildman–Crippen MR) is 116 cm³/mol. The molecule has 0 fully saturated rings. The summed E-state index contributed by atoms with van der Waals surface area (Å²) < 4.78 is 5.11. The highest BCUT2D eigenvalue weighted by atomic mass is 35.5. The molecule has 8 nitrogen and oxygen atoms in total. The van der Waals surface area contributed by atoms with Gasteiger partial charge in [0.05, 0.1) is 10.6 Å². The molecule has 3 amide bonds. The van der Waals surface area contributed by atoms with Crippen molar-refractivity contribution in [2.24, 2.45) is 0 Å². The van der Waals surface area contributed by atoms with Crippen LogP contribution < -0.4 is 16.1 Å². The van der Waals surface area contributed by atoms with Gasteiger partial charge in [-0.05, 0) is 43.0 Å². The number of hydroxylamine groups is 1. The molecular weight excluding hydrogens is 445 g/mol. The molecule has 0 unspecified atom stereocenters. The van der Waals surface area contributed by atoms with Crippen molar-refractivity contribution < 1.29 is 24.3 Å². The molecule has 0 aromatic heterocycles. The number of rotatable bonds is 10. The average Bonchev–Trinajstić information content (AvgIpc) is 2.76. The van der Waals surface area contributed by atoms with Gasteiger partial charge in [-0.15, -0.1) is 0 Å². The second kappa shape index (κ2) is 12.8. The first-order valence-corrected chi connectivity index (χ1v) is 10.3. The van der Waals surface area contributed by atoms with Crippen LogP contribution in [0.1, 0.15) is 35.2 Å². The Hall–Kier alpha value is -2.81. The minimum absolute atomic E-state index is 0.145. The maximum absolute atomic E-state index is 12.4. The number of unbranched alkanes of at least 4 members (excludes halogenated alkanes) is 1. The van der Waals surface area contributed by atoms with Crippen molar-refractivity contribution in [2.45, 2.75) is 31.9 Å². The maximum Gasteiger partial charge on any atom is 0.407 e. The average molecular weight is 468 g/mol. The van der Waals surface area contributed by atoms with Gasteiger partial charge in [0.25, 0.3) is 11.8 Å². The van der Waals surface area contributed by atoms with Gasteiger partial charge in [0, 0.05) is 11.6 Å². The Morgan fingerprint density at radius 2 is 1.77 bits per heavy atom. The molecular formula is C21H23Cl2N3O5. The van der Waals surface area contributed by atoms with E-state index in [4.69, 9.17) is 33.1 Å². The summed E-state index contributed by atoms with van der Waals surface area (Å²) in [7, 11) is 0. The quantitative estimate of drug-likeness (QED) is 0.241. The zero-order valence-corrected chi connectivity index (χ0v) is 18.1. The summed E-state index contributed by atoms with van der Waals surface area (Å²) in [4.78, 5) is 36.0. The molecule has 0 aliphatic rings. The minimum Gasteiger partial charge on any atom is -0.445 e. The van der Waals surface area contributed by atoms with E-state index in [0.29, 0.717) is 24.4 Å². The third-order valence-corrected chi connectivity index (χ3v) is 4.86. The van der Waals surface area contributed by atoms with Crippen LogP contribution in [-0.2, 0) is 16.1 Å². The summed E-state index contributed by atoms with van der Waals surface area (Å²) in [5.74, 6) is -1.33. The molecule has 0 saturated heterocycles. The number of benzene rings is 2. The summed E-state index contributed by atoms with van der Waals surface area (Å²) in [6.45, 7) is 0.503. The van der Waals surface area contributed by atoms with Crippen LogP contribution in [0, 0.1) is 0 Å². The van der Waals surface area contributed by atoms with E-state index in [1.54, 1.807) is 0 Å². The van der Waals surface area contributed by atoms with Crippen molar-refractivity contribution in [3.8, 4) is 0 Å². The number of nitrogens with one attached hydrogen (secondary N) is 3. The van der Waals surface area contributed by atoms with Gasteiger partial charge >= 0.3 is 6.09 Å². The second-order valence-corrected chi connectivity index (χ2v) is 7.45. The van der Waals surface area contributed by atoms with E-state index < -0.39 is 23.9 Å². The summed E-state index contributed by atoms with van der Waals surface area (Å²) in [6.07, 6.45) is 0.724. The van der Waals surface area contributed by atoms with Crippen molar-refractivity contribution in [3.05, 3.63) is 69.7 Å². The van der Waals surface area contributed by atoms with Gasteiger partial charge in [-0.1, -0.05) is 53.5 Å². The van der Waals surface area contributed by atoms with Crippen LogP contribution in [0.3, 0.4) is 0 Å². The van der Waals surface area contributed by atoms with Crippen molar-refractivity contribution in [1.82, 2.24) is 16.1 Å². The van der Waals surface area contributed by atoms with Gasteiger partial charge in [-0.3, -0.25) is 14.8 Å². The first-order valence-electron chi connectivity index (χ1n) is 9.55. The van der Waals surface area contributed by atoms with Crippen LogP contribution >= 0.6 is 23.2 Å². The number of amides is 3. The van der Waals surface area contributed by atoms with E-state index in [0.717, 1.165) is 5.56 Å². The number of alkyl carbamates (subject to hydrolysis) is 1. The number of ether oxygens (including phenoxy) is 1. The first-order chi connectivity index (χ1) is 14.9. The lowest BCUT2D eigenvalue weighted by molar-refractivity contribution is -0.131. The van der Waals surface area contributed by atoms with E-state index in [-0.39, 0.29) is 23.6 Å². The lowest BCUT2D eigenvalue weighted by atomic mass is 10.1. The lowest BCUT2D eigenvalue weighted by Gasteiger charge is -2.17. The largest absolute Gasteiger partial charge is 0.445 e. The third kappa shape index (κ3) is 8.45. The maximum atomic E-state index is 12.4. The number of carbonyl (C=O) groups excluding carboxylic acids is 3. The molecule has 0 aliphatic carbocycles. The van der Waals surface area contributed by atoms with E-state index in [9.17, 15) is 14.4 Å². The molecule has 0 heterocycles. The fraction of sp³-hybridized carbons (Fsp3) is 0.286. The molecule has 31 heavy (non-hydrogen) atoms. The topological polar surface area (TPSA) is 117 Å². The normalized spacial score (nSPS) is 11.3. The Kier molecular flexibility index (Phi) is 10.1. The Labute approximate surface area is 189 Å². The Morgan fingerprint density at radius 1 is 1.03 bits per heavy atom. The van der Waals surface area contributed by atoms with Gasteiger partial charge in [0.1, 0.15) is 12.6 Å². The van der Waals surface area contributed by atoms with Gasteiger partial charge in [-0.2, -0.15) is 0 Å². The predicted octanol–water partition coefficient (Wildman–Crippen LogP) is 3.69. The highest BCUT2D eigenvalue weighted by Gasteiger charge is 2.22. The molecule has 10 heteroatoms. The second-order valence-electron chi connectivity index (χ2n) is 6.61. The number of hydrogen-bond donors (Lipinski definition) is 4. The smallest absolute Gasteiger partial charge is 0.407 e. The summed E-state index contributed by atoms with van der Waals surface area (Å²) in [5.41, 5.74) is 2.58. The van der Waals surface area contributed by atoms with Gasteiger partial charge in [-0.25, -0.2) is 10.3 Å². The van der Waals surface area contributed by atoms with Gasteiger partial charge in [0.15, 0.2) is 0 Å². The van der Waals surface area contributed by atoms with Crippen molar-refractivity contribution in [1.29, 1.82) is 0 Å². The fourth-order valence-corrected chi connectivity index (χ4v) is 3.19. The van der Waals surface area contributed by atoms with Gasteiger partial charge in [0.2, 0.25) is 0 Å². The number of halogens is 2. The summed E-state index contributed by atoms with van der Waals surface area (Å²) in [6, 6.07) is 12.7. The number of carbonyl (C=O) groups is 3. The van der Waals surface area contributed by atoms with E-state index in [1.165, 1.54) is 23.7 Å². The van der Waals surface area contributed by atoms with E-state index >= 15 is 0 Å². The number of hydrogen-bond acceptors (Lipinski definition) is 5. The molecule has 0 bridgehead atoms. The van der Waals surface area contributed by atoms with Crippen LogP contribution in [0.4, 0.5) is 4.79 Å². The third-order valence-electron chi connectivity index (χ3n) is 4.31. The molecule has 2 aromatic rings. The Morgan fingerprint density at radius 3 is 2.45 bits per heavy atom. The van der Waals surface area contributed by atoms with Crippen LogP contribution in [0.2, 0.25) is 10.0 Å². The van der Waals surface area contributed by atoms with Crippen LogP contribution in [-0.4, -0.2) is 35.7 Å². The van der Waals surface area contributed by atoms with E-state index in [1.807, 2.05) is 30.3 Å². The molecule has 0 radical (unpaired) electrons. The van der Waals surface area contributed by atoms with E-state index in [2.05, 4.69) is 10.6 Å². The van der Waals surface area contributed by atoms with Crippen LogP contribution in [0.25, 0.3) is 0 Å². The molecule has 2 aromatic carbocycles. The lowest BCUT2D eigenvalue weighted by Crippen LogP contribution is -2.46. The summed E-state index contributed by atoms with van der Waals surface area (Å²) in [5, 5.41) is 14.6. The zero-order valence-electron chi connectivity index (χ0n) is 16.6. The molecule has 0 saturated carbocycles. The summed E-state index contributed by atoms with van der Waals surface area (Å²) >= 11 is 11.8. The highest BCUT2D eigenvalue weighted by Crippen LogP contribution is 2.21. The first kappa shape index (κ1) is 24.5. The highest BCUT2D eigenvalue weighted by molar-refractivity contribution is 6.36. The molecule has 166 valence electrons. The fourth-order valence-electron chi connectivity index (χ4n) is 2.69. The monoisotopic (exact) mass is 467 g/mol. The van der Waals surface area contributed by atoms with Crippen LogP contribution in [0.15, 0.2) is 48.5 Å². The standard InChI is InChI=1S/C21H23Cl2N3O5/c22-15-9-10-16(17(23)12-15)19(27)25-18(20(28)26-30)8-4-5-11-24-21(29)31-13-14-6-2-1-3-7-14/h1-3,6-7,9-10,12,18,30H,4-5,8,11,13H2,(H,24,29)(H,25,27)(H,26,28)/t18-/m0/s1. The molecule has 4 N–H and O–H groups in total.